The summed E-state index contributed by atoms with van der Waals surface area (Å²) in [5.41, 5.74) is 2.45. The van der Waals surface area contributed by atoms with E-state index in [4.69, 9.17) is 14.2 Å². The van der Waals surface area contributed by atoms with Crippen molar-refractivity contribution in [2.24, 2.45) is 0 Å². The van der Waals surface area contributed by atoms with E-state index in [0.717, 1.165) is 18.4 Å². The van der Waals surface area contributed by atoms with Gasteiger partial charge in [-0.15, -0.1) is 0 Å². The highest BCUT2D eigenvalue weighted by Crippen LogP contribution is 2.39. The smallest absolute Gasteiger partial charge is 0.255 e. The number of nitrogens with zero attached hydrogens (tertiary/aromatic N) is 4. The third kappa shape index (κ3) is 4.52. The quantitative estimate of drug-likeness (QED) is 0.460. The molecule has 2 aromatic carbocycles. The van der Waals surface area contributed by atoms with Crippen LogP contribution in [-0.2, 0) is 4.79 Å². The van der Waals surface area contributed by atoms with Crippen LogP contribution in [0.25, 0.3) is 0 Å². The van der Waals surface area contributed by atoms with Gasteiger partial charge in [-0.3, -0.25) is 4.79 Å². The molecule has 0 fully saturated rings. The van der Waals surface area contributed by atoms with Crippen molar-refractivity contribution in [3.05, 3.63) is 59.3 Å². The van der Waals surface area contributed by atoms with Crippen LogP contribution in [0.1, 0.15) is 38.3 Å². The predicted molar refractivity (Wildman–Crippen MR) is 127 cm³/mol. The average molecular weight is 465 g/mol. The fourth-order valence-corrected chi connectivity index (χ4v) is 3.85. The number of hydrogen-bond donors (Lipinski definition) is 2. The minimum Gasteiger partial charge on any atom is -0.495 e. The van der Waals surface area contributed by atoms with Gasteiger partial charge in [0.15, 0.2) is 11.5 Å². The number of unbranched alkanes of at least 4 members (excludes halogenated alkanes) is 1. The Labute approximate surface area is 197 Å². The van der Waals surface area contributed by atoms with E-state index in [2.05, 4.69) is 33.1 Å². The molecule has 1 aliphatic rings. The van der Waals surface area contributed by atoms with E-state index in [1.165, 1.54) is 0 Å². The summed E-state index contributed by atoms with van der Waals surface area (Å²) in [6.07, 6.45) is 1.98. The van der Waals surface area contributed by atoms with Crippen LogP contribution in [-0.4, -0.2) is 46.9 Å². The van der Waals surface area contributed by atoms with Gasteiger partial charge in [-0.1, -0.05) is 36.6 Å². The molecule has 178 valence electrons. The molecule has 4 rings (SSSR count). The van der Waals surface area contributed by atoms with Crippen molar-refractivity contribution in [3.8, 4) is 17.2 Å². The molecule has 0 spiro atoms. The number of anilines is 2. The van der Waals surface area contributed by atoms with Gasteiger partial charge < -0.3 is 24.8 Å². The number of fused-ring (bicyclic) bond motifs is 1. The molecular weight excluding hydrogens is 436 g/mol. The number of allylic oxidation sites excluding steroid dienone is 1. The lowest BCUT2D eigenvalue weighted by atomic mass is 9.94. The molecule has 10 nitrogen and oxygen atoms in total. The minimum atomic E-state index is -0.584. The number of hydrogen-bond acceptors (Lipinski definition) is 8. The van der Waals surface area contributed by atoms with Gasteiger partial charge in [0.25, 0.3) is 5.91 Å². The molecule has 1 aliphatic heterocycles. The van der Waals surface area contributed by atoms with Gasteiger partial charge in [-0.25, -0.2) is 0 Å². The Morgan fingerprint density at radius 2 is 1.91 bits per heavy atom. The molecule has 0 bridgehead atoms. The van der Waals surface area contributed by atoms with Crippen molar-refractivity contribution in [1.29, 1.82) is 0 Å². The minimum absolute atomic E-state index is 0.303. The largest absolute Gasteiger partial charge is 0.495 e. The van der Waals surface area contributed by atoms with E-state index < -0.39 is 6.04 Å². The molecular formula is C24H28N6O4. The first-order valence-corrected chi connectivity index (χ1v) is 11.1. The molecule has 34 heavy (non-hydrogen) atoms. The number of tetrazole rings is 1. The van der Waals surface area contributed by atoms with Crippen LogP contribution < -0.4 is 24.8 Å². The first kappa shape index (κ1) is 23.1. The Bertz CT molecular complexity index is 1210. The zero-order valence-electron chi connectivity index (χ0n) is 19.7. The lowest BCUT2D eigenvalue weighted by molar-refractivity contribution is -0.113. The Morgan fingerprint density at radius 1 is 1.12 bits per heavy atom. The molecule has 2 N–H and O–H groups in total. The third-order valence-electron chi connectivity index (χ3n) is 5.57. The molecule has 0 radical (unpaired) electrons. The summed E-state index contributed by atoms with van der Waals surface area (Å²) in [6.45, 7) is 4.53. The highest BCUT2D eigenvalue weighted by atomic mass is 16.5. The van der Waals surface area contributed by atoms with E-state index in [9.17, 15) is 4.79 Å². The summed E-state index contributed by atoms with van der Waals surface area (Å²) in [6, 6.07) is 12.3. The highest BCUT2D eigenvalue weighted by molar-refractivity contribution is 6.06. The maximum atomic E-state index is 13.6. The molecule has 3 aromatic rings. The summed E-state index contributed by atoms with van der Waals surface area (Å²) in [5, 5.41) is 18.1. The van der Waals surface area contributed by atoms with Gasteiger partial charge in [0.2, 0.25) is 5.95 Å². The van der Waals surface area contributed by atoms with Gasteiger partial charge >= 0.3 is 0 Å². The SMILES string of the molecule is CCCCOc1ccc(C2C(C(=O)Nc3ccccc3OC)=C(C)Nc3nnnn32)cc1OC. The summed E-state index contributed by atoms with van der Waals surface area (Å²) in [4.78, 5) is 13.6. The Hall–Kier alpha value is -4.08. The molecule has 0 aliphatic carbocycles. The molecule has 2 heterocycles. The van der Waals surface area contributed by atoms with E-state index >= 15 is 0 Å². The predicted octanol–water partition coefficient (Wildman–Crippen LogP) is 3.80. The first-order valence-electron chi connectivity index (χ1n) is 11.1. The molecule has 10 heteroatoms. The van der Waals surface area contributed by atoms with Gasteiger partial charge in [-0.05, 0) is 53.6 Å². The third-order valence-corrected chi connectivity index (χ3v) is 5.57. The van der Waals surface area contributed by atoms with Crippen molar-refractivity contribution in [1.82, 2.24) is 20.2 Å². The van der Waals surface area contributed by atoms with Crippen LogP contribution in [0.2, 0.25) is 0 Å². The van der Waals surface area contributed by atoms with Gasteiger partial charge in [0.05, 0.1) is 32.1 Å². The van der Waals surface area contributed by atoms with E-state index in [1.807, 2.05) is 37.3 Å². The van der Waals surface area contributed by atoms with Gasteiger partial charge in [-0.2, -0.15) is 4.68 Å². The summed E-state index contributed by atoms with van der Waals surface area (Å²) in [7, 11) is 3.15. The van der Waals surface area contributed by atoms with Crippen LogP contribution in [0.4, 0.5) is 11.6 Å². The van der Waals surface area contributed by atoms with Crippen molar-refractivity contribution < 1.29 is 19.0 Å². The second-order valence-corrected chi connectivity index (χ2v) is 7.78. The summed E-state index contributed by atoms with van der Waals surface area (Å²) < 4.78 is 18.4. The van der Waals surface area contributed by atoms with Gasteiger partial charge in [0.1, 0.15) is 11.8 Å². The maximum absolute atomic E-state index is 13.6. The van der Waals surface area contributed by atoms with E-state index in [-0.39, 0.29) is 5.91 Å². The zero-order chi connectivity index (χ0) is 24.1. The molecule has 1 aromatic heterocycles. The van der Waals surface area contributed by atoms with Crippen molar-refractivity contribution in [2.45, 2.75) is 32.7 Å². The maximum Gasteiger partial charge on any atom is 0.255 e. The van der Waals surface area contributed by atoms with Crippen LogP contribution in [0, 0.1) is 0 Å². The fraction of sp³-hybridized carbons (Fsp3) is 0.333. The summed E-state index contributed by atoms with van der Waals surface area (Å²) in [5.74, 6) is 1.92. The number of rotatable bonds is 9. The van der Waals surface area contributed by atoms with Crippen molar-refractivity contribution in [3.63, 3.8) is 0 Å². The van der Waals surface area contributed by atoms with Crippen LogP contribution in [0.5, 0.6) is 17.2 Å². The zero-order valence-corrected chi connectivity index (χ0v) is 19.7. The molecule has 1 atom stereocenters. The molecule has 1 amide bonds. The standard InChI is InChI=1S/C24H28N6O4/c1-5-6-13-34-19-12-11-16(14-20(19)33-4)22-21(15(2)25-24-27-28-29-30(22)24)23(31)26-17-9-7-8-10-18(17)32-3/h7-12,14,22H,5-6,13H2,1-4H3,(H,26,31)(H,25,27,29). The monoisotopic (exact) mass is 464 g/mol. The van der Waals surface area contributed by atoms with E-state index in [0.29, 0.717) is 46.8 Å². The number of carbonyl (C=O) groups excluding carboxylic acids is 1. The highest BCUT2D eigenvalue weighted by Gasteiger charge is 2.34. The van der Waals surface area contributed by atoms with E-state index in [1.54, 1.807) is 31.0 Å². The Morgan fingerprint density at radius 3 is 2.68 bits per heavy atom. The van der Waals surface area contributed by atoms with Crippen molar-refractivity contribution in [2.75, 3.05) is 31.5 Å². The summed E-state index contributed by atoms with van der Waals surface area (Å²) >= 11 is 0. The number of amides is 1. The van der Waals surface area contributed by atoms with Crippen LogP contribution >= 0.6 is 0 Å². The second kappa shape index (κ2) is 10.2. The van der Waals surface area contributed by atoms with Gasteiger partial charge in [0, 0.05) is 5.70 Å². The Balaban J connectivity index is 1.72. The van der Waals surface area contributed by atoms with Crippen molar-refractivity contribution >= 4 is 17.5 Å². The van der Waals surface area contributed by atoms with Crippen LogP contribution in [0.3, 0.4) is 0 Å². The number of benzene rings is 2. The second-order valence-electron chi connectivity index (χ2n) is 7.78. The fourth-order valence-electron chi connectivity index (χ4n) is 3.85. The number of ether oxygens (including phenoxy) is 3. The number of para-hydroxylation sites is 2. The molecule has 0 saturated heterocycles. The molecule has 1 unspecified atom stereocenters. The average Bonchev–Trinajstić information content (AvgIpc) is 3.31. The lowest BCUT2D eigenvalue weighted by Gasteiger charge is -2.28. The number of carbonyl (C=O) groups is 1. The number of methoxy groups -OCH3 is 2. The number of nitrogens with one attached hydrogen (secondary N) is 2. The Kier molecular flexibility index (Phi) is 6.95. The number of aromatic nitrogens is 4. The van der Waals surface area contributed by atoms with Crippen LogP contribution in [0.15, 0.2) is 53.7 Å². The molecule has 0 saturated carbocycles. The normalized spacial score (nSPS) is 14.8. The first-order chi connectivity index (χ1) is 16.6. The topological polar surface area (TPSA) is 112 Å². The lowest BCUT2D eigenvalue weighted by Crippen LogP contribution is -2.31.